The van der Waals surface area contributed by atoms with Crippen molar-refractivity contribution in [3.05, 3.63) is 52.1 Å². The van der Waals surface area contributed by atoms with Crippen LogP contribution in [0.3, 0.4) is 0 Å². The number of aromatic nitrogens is 2. The molecule has 1 fully saturated rings. The number of morpholine rings is 1. The topological polar surface area (TPSA) is 81.8 Å². The third kappa shape index (κ3) is 4.33. The predicted molar refractivity (Wildman–Crippen MR) is 112 cm³/mol. The van der Waals surface area contributed by atoms with E-state index in [0.29, 0.717) is 44.5 Å². The largest absolute Gasteiger partial charge is 0.378 e. The van der Waals surface area contributed by atoms with Gasteiger partial charge in [-0.1, -0.05) is 18.2 Å². The number of fused-ring (bicyclic) bond motifs is 1. The summed E-state index contributed by atoms with van der Waals surface area (Å²) in [5, 5.41) is 0. The fourth-order valence-electron chi connectivity index (χ4n) is 4.10. The molecule has 1 aromatic carbocycles. The fraction of sp³-hybridized carbons (Fsp3) is 0.476. The molecule has 0 aliphatic carbocycles. The number of aromatic amines is 1. The third-order valence-corrected chi connectivity index (χ3v) is 5.39. The van der Waals surface area contributed by atoms with E-state index >= 15 is 0 Å². The van der Waals surface area contributed by atoms with E-state index in [-0.39, 0.29) is 23.8 Å². The molecule has 3 heterocycles. The second-order valence-corrected chi connectivity index (χ2v) is 7.85. The van der Waals surface area contributed by atoms with Crippen molar-refractivity contribution in [1.29, 1.82) is 0 Å². The van der Waals surface area contributed by atoms with Gasteiger partial charge in [0.25, 0.3) is 5.56 Å². The van der Waals surface area contributed by atoms with Gasteiger partial charge >= 0.3 is 0 Å². The van der Waals surface area contributed by atoms with Gasteiger partial charge in [0.1, 0.15) is 11.6 Å². The highest BCUT2D eigenvalue weighted by molar-refractivity contribution is 5.96. The number of ether oxygens (including phenoxy) is 1. The van der Waals surface area contributed by atoms with E-state index in [4.69, 9.17) is 4.74 Å². The number of likely N-dealkylation sites (N-methyl/N-ethyl adjacent to an activating group) is 1. The molecule has 0 spiro atoms. The zero-order chi connectivity index (χ0) is 20.4. The SMILES string of the molecule is CN(C)C[C@@H]1CN(C(=O)Cc2nc(N3CCOCC3)cc(=O)[nH]2)c2ccccc21. The molecule has 8 heteroatoms. The van der Waals surface area contributed by atoms with Crippen molar-refractivity contribution < 1.29 is 9.53 Å². The van der Waals surface area contributed by atoms with Crippen LogP contribution >= 0.6 is 0 Å². The quantitative estimate of drug-likeness (QED) is 0.805. The van der Waals surface area contributed by atoms with E-state index in [0.717, 1.165) is 12.2 Å². The van der Waals surface area contributed by atoms with Gasteiger partial charge in [0.2, 0.25) is 5.91 Å². The summed E-state index contributed by atoms with van der Waals surface area (Å²) >= 11 is 0. The average Bonchev–Trinajstić information content (AvgIpc) is 3.06. The number of nitrogens with zero attached hydrogens (tertiary/aromatic N) is 4. The molecular weight excluding hydrogens is 370 g/mol. The normalized spacial score (nSPS) is 18.9. The Hall–Kier alpha value is -2.71. The summed E-state index contributed by atoms with van der Waals surface area (Å²) < 4.78 is 5.36. The number of hydrogen-bond acceptors (Lipinski definition) is 6. The smallest absolute Gasteiger partial charge is 0.252 e. The Bertz CT molecular complexity index is 936. The van der Waals surface area contributed by atoms with Crippen molar-refractivity contribution in [1.82, 2.24) is 14.9 Å². The number of anilines is 2. The van der Waals surface area contributed by atoms with E-state index in [1.807, 2.05) is 42.1 Å². The number of H-pyrrole nitrogens is 1. The third-order valence-electron chi connectivity index (χ3n) is 5.39. The summed E-state index contributed by atoms with van der Waals surface area (Å²) in [5.41, 5.74) is 1.91. The molecule has 8 nitrogen and oxygen atoms in total. The van der Waals surface area contributed by atoms with Gasteiger partial charge in [-0.2, -0.15) is 0 Å². The van der Waals surface area contributed by atoms with Crippen LogP contribution in [0.15, 0.2) is 35.1 Å². The summed E-state index contributed by atoms with van der Waals surface area (Å²) in [6.07, 6.45) is 0.0659. The summed E-state index contributed by atoms with van der Waals surface area (Å²) in [7, 11) is 4.08. The molecule has 4 rings (SSSR count). The van der Waals surface area contributed by atoms with Gasteiger partial charge in [0.15, 0.2) is 0 Å². The van der Waals surface area contributed by atoms with Crippen LogP contribution < -0.4 is 15.4 Å². The highest BCUT2D eigenvalue weighted by atomic mass is 16.5. The van der Waals surface area contributed by atoms with Crippen molar-refractivity contribution in [3.8, 4) is 0 Å². The molecule has 1 atom stereocenters. The van der Waals surface area contributed by atoms with Gasteiger partial charge in [0, 0.05) is 43.9 Å². The van der Waals surface area contributed by atoms with Crippen LogP contribution in [-0.4, -0.2) is 74.3 Å². The lowest BCUT2D eigenvalue weighted by atomic mass is 10.0. The zero-order valence-corrected chi connectivity index (χ0v) is 16.9. The Morgan fingerprint density at radius 2 is 2.03 bits per heavy atom. The number of benzene rings is 1. The maximum absolute atomic E-state index is 13.1. The van der Waals surface area contributed by atoms with Gasteiger partial charge in [0.05, 0.1) is 19.6 Å². The molecule has 29 heavy (non-hydrogen) atoms. The lowest BCUT2D eigenvalue weighted by Crippen LogP contribution is -2.38. The first-order valence-electron chi connectivity index (χ1n) is 9.98. The van der Waals surface area contributed by atoms with Crippen LogP contribution in [0.1, 0.15) is 17.3 Å². The highest BCUT2D eigenvalue weighted by Gasteiger charge is 2.32. The Kier molecular flexibility index (Phi) is 5.64. The monoisotopic (exact) mass is 397 g/mol. The maximum Gasteiger partial charge on any atom is 0.252 e. The minimum absolute atomic E-state index is 0.0546. The Morgan fingerprint density at radius 1 is 1.28 bits per heavy atom. The molecule has 154 valence electrons. The number of amides is 1. The number of hydrogen-bond donors (Lipinski definition) is 1. The lowest BCUT2D eigenvalue weighted by Gasteiger charge is -2.27. The zero-order valence-electron chi connectivity index (χ0n) is 16.9. The van der Waals surface area contributed by atoms with Crippen LogP contribution in [0.25, 0.3) is 0 Å². The first-order valence-corrected chi connectivity index (χ1v) is 9.98. The van der Waals surface area contributed by atoms with E-state index in [9.17, 15) is 9.59 Å². The lowest BCUT2D eigenvalue weighted by molar-refractivity contribution is -0.118. The molecule has 2 aliphatic heterocycles. The number of para-hydroxylation sites is 1. The molecule has 1 saturated heterocycles. The highest BCUT2D eigenvalue weighted by Crippen LogP contribution is 2.36. The van der Waals surface area contributed by atoms with Gasteiger partial charge < -0.3 is 24.4 Å². The second-order valence-electron chi connectivity index (χ2n) is 7.85. The van der Waals surface area contributed by atoms with E-state index in [1.54, 1.807) is 0 Å². The molecule has 0 radical (unpaired) electrons. The Balaban J connectivity index is 1.54. The van der Waals surface area contributed by atoms with Crippen molar-refractivity contribution in [2.24, 2.45) is 0 Å². The standard InChI is InChI=1S/C21H27N5O3/c1-24(2)13-15-14-26(17-6-4-3-5-16(15)17)21(28)11-18-22-19(12-20(27)23-18)25-7-9-29-10-8-25/h3-6,12,15H,7-11,13-14H2,1-2H3,(H,22,23,27)/t15-/m1/s1. The maximum atomic E-state index is 13.1. The minimum Gasteiger partial charge on any atom is -0.378 e. The number of rotatable bonds is 5. The molecule has 2 aromatic rings. The molecule has 0 unspecified atom stereocenters. The number of carbonyl (C=O) groups is 1. The van der Waals surface area contributed by atoms with Crippen LogP contribution in [0.4, 0.5) is 11.5 Å². The van der Waals surface area contributed by atoms with Crippen LogP contribution in [0, 0.1) is 0 Å². The first kappa shape index (κ1) is 19.6. The molecule has 0 saturated carbocycles. The molecule has 1 amide bonds. The van der Waals surface area contributed by atoms with Crippen LogP contribution in [0.5, 0.6) is 0 Å². The molecule has 2 aliphatic rings. The summed E-state index contributed by atoms with van der Waals surface area (Å²) in [6.45, 7) is 4.12. The first-order chi connectivity index (χ1) is 14.0. The molecule has 1 aromatic heterocycles. The Morgan fingerprint density at radius 3 is 2.79 bits per heavy atom. The molecular formula is C21H27N5O3. The molecule has 1 N–H and O–H groups in total. The molecule has 0 bridgehead atoms. The van der Waals surface area contributed by atoms with Crippen molar-refractivity contribution >= 4 is 17.4 Å². The average molecular weight is 397 g/mol. The van der Waals surface area contributed by atoms with Gasteiger partial charge in [-0.25, -0.2) is 4.98 Å². The van der Waals surface area contributed by atoms with Gasteiger partial charge in [-0.3, -0.25) is 9.59 Å². The predicted octanol–water partition coefficient (Wildman–Crippen LogP) is 0.841. The van der Waals surface area contributed by atoms with E-state index < -0.39 is 0 Å². The van der Waals surface area contributed by atoms with Gasteiger partial charge in [-0.05, 0) is 25.7 Å². The van der Waals surface area contributed by atoms with E-state index in [2.05, 4.69) is 20.9 Å². The Labute approximate surface area is 170 Å². The van der Waals surface area contributed by atoms with Crippen molar-refractivity contribution in [3.63, 3.8) is 0 Å². The fourth-order valence-corrected chi connectivity index (χ4v) is 4.10. The number of nitrogens with one attached hydrogen (secondary N) is 1. The second kappa shape index (κ2) is 8.34. The van der Waals surface area contributed by atoms with Crippen LogP contribution in [-0.2, 0) is 16.0 Å². The van der Waals surface area contributed by atoms with Gasteiger partial charge in [-0.15, -0.1) is 0 Å². The van der Waals surface area contributed by atoms with E-state index in [1.165, 1.54) is 11.6 Å². The number of carbonyl (C=O) groups excluding carboxylic acids is 1. The van der Waals surface area contributed by atoms with Crippen LogP contribution in [0.2, 0.25) is 0 Å². The van der Waals surface area contributed by atoms with Crippen molar-refractivity contribution in [2.75, 3.05) is 63.3 Å². The summed E-state index contributed by atoms with van der Waals surface area (Å²) in [6, 6.07) is 9.54. The van der Waals surface area contributed by atoms with Crippen molar-refractivity contribution in [2.45, 2.75) is 12.3 Å². The summed E-state index contributed by atoms with van der Waals surface area (Å²) in [4.78, 5) is 38.5. The summed E-state index contributed by atoms with van der Waals surface area (Å²) in [5.74, 6) is 1.22. The minimum atomic E-state index is -0.239.